The number of fused-ring (bicyclic) bond motifs is 2. The molecule has 0 amide bonds. The van der Waals surface area contributed by atoms with Gasteiger partial charge in [-0.3, -0.25) is 0 Å². The van der Waals surface area contributed by atoms with E-state index in [1.165, 1.54) is 0 Å². The van der Waals surface area contributed by atoms with Gasteiger partial charge in [-0.15, -0.1) is 0 Å². The summed E-state index contributed by atoms with van der Waals surface area (Å²) in [6.45, 7) is 1.13. The van der Waals surface area contributed by atoms with Crippen LogP contribution in [0.1, 0.15) is 19.3 Å². The fourth-order valence-corrected chi connectivity index (χ4v) is 2.95. The summed E-state index contributed by atoms with van der Waals surface area (Å²) in [5.74, 6) is 0. The highest BCUT2D eigenvalue weighted by Gasteiger charge is 2.52. The van der Waals surface area contributed by atoms with Gasteiger partial charge in [-0.2, -0.15) is 0 Å². The van der Waals surface area contributed by atoms with Gasteiger partial charge in [0.15, 0.2) is 12.6 Å². The van der Waals surface area contributed by atoms with E-state index in [9.17, 15) is 5.11 Å². The highest BCUT2D eigenvalue weighted by Crippen LogP contribution is 2.34. The lowest BCUT2D eigenvalue weighted by Gasteiger charge is -2.39. The monoisotopic (exact) mass is 278 g/mol. The molecule has 4 unspecified atom stereocenters. The number of rotatable bonds is 3. The van der Waals surface area contributed by atoms with Gasteiger partial charge in [0.25, 0.3) is 0 Å². The van der Waals surface area contributed by atoms with E-state index in [0.29, 0.717) is 13.2 Å². The number of aliphatic hydroxyl groups excluding tert-OH is 1. The molecule has 0 radical (unpaired) electrons. The Bertz CT molecular complexity index is 285. The van der Waals surface area contributed by atoms with Crippen LogP contribution in [0.4, 0.5) is 0 Å². The van der Waals surface area contributed by atoms with Gasteiger partial charge in [0.2, 0.25) is 0 Å². The van der Waals surface area contributed by atoms with Crippen molar-refractivity contribution >= 4 is 9.47 Å². The van der Waals surface area contributed by atoms with Crippen LogP contribution in [0, 0.1) is 0 Å². The highest BCUT2D eigenvalue weighted by molar-refractivity contribution is 7.09. The molecule has 3 rings (SSSR count). The van der Waals surface area contributed by atoms with Crippen molar-refractivity contribution in [3.05, 3.63) is 0 Å². The van der Waals surface area contributed by atoms with E-state index in [4.69, 9.17) is 23.5 Å². The molecule has 0 saturated carbocycles. The van der Waals surface area contributed by atoms with Crippen LogP contribution in [0.2, 0.25) is 0 Å². The van der Waals surface area contributed by atoms with Crippen molar-refractivity contribution in [1.82, 2.24) is 0 Å². The van der Waals surface area contributed by atoms with Crippen LogP contribution in [0.25, 0.3) is 0 Å². The lowest BCUT2D eigenvalue weighted by Crippen LogP contribution is -2.56. The Balaban J connectivity index is 1.65. The Morgan fingerprint density at radius 1 is 1.17 bits per heavy atom. The van der Waals surface area contributed by atoms with Crippen LogP contribution in [0.15, 0.2) is 0 Å². The quantitative estimate of drug-likeness (QED) is 0.743. The first kappa shape index (κ1) is 13.2. The van der Waals surface area contributed by atoms with Gasteiger partial charge in [0, 0.05) is 16.1 Å². The van der Waals surface area contributed by atoms with Crippen LogP contribution >= 0.6 is 9.47 Å². The first-order chi connectivity index (χ1) is 8.79. The average Bonchev–Trinajstić information content (AvgIpc) is 2.82. The van der Waals surface area contributed by atoms with Crippen molar-refractivity contribution in [3.8, 4) is 0 Å². The van der Waals surface area contributed by atoms with Gasteiger partial charge >= 0.3 is 0 Å². The molecular weight excluding hydrogens is 259 g/mol. The molecule has 1 N–H and O–H groups in total. The van der Waals surface area contributed by atoms with E-state index in [1.54, 1.807) is 0 Å². The van der Waals surface area contributed by atoms with Gasteiger partial charge in [0.1, 0.15) is 24.4 Å². The molecule has 3 aliphatic rings. The summed E-state index contributed by atoms with van der Waals surface area (Å²) in [4.78, 5) is 0. The second-order valence-corrected chi connectivity index (χ2v) is 5.14. The van der Waals surface area contributed by atoms with Crippen LogP contribution in [-0.4, -0.2) is 55.3 Å². The third kappa shape index (κ3) is 2.43. The molecule has 0 aromatic heterocycles. The molecule has 7 heteroatoms. The summed E-state index contributed by atoms with van der Waals surface area (Å²) in [5.41, 5.74) is 0. The van der Waals surface area contributed by atoms with Crippen LogP contribution in [0.5, 0.6) is 0 Å². The normalized spacial score (nSPS) is 48.3. The molecule has 3 heterocycles. The molecule has 3 fully saturated rings. The van der Waals surface area contributed by atoms with Crippen LogP contribution in [0.3, 0.4) is 0 Å². The summed E-state index contributed by atoms with van der Waals surface area (Å²) < 4.78 is 27.6. The first-order valence-electron chi connectivity index (χ1n) is 6.37. The van der Waals surface area contributed by atoms with E-state index in [2.05, 4.69) is 9.47 Å². The summed E-state index contributed by atoms with van der Waals surface area (Å²) in [6.07, 6.45) is 0.231. The topological polar surface area (TPSA) is 66.4 Å². The number of aliphatic hydroxyl groups is 1. The molecule has 2 bridgehead atoms. The number of ether oxygens (including phenoxy) is 4. The lowest BCUT2D eigenvalue weighted by atomic mass is 10.0. The Hall–Kier alpha value is 0.190. The summed E-state index contributed by atoms with van der Waals surface area (Å²) in [5, 5.41) is 10.3. The molecule has 7 atom stereocenters. The molecule has 104 valence electrons. The van der Waals surface area contributed by atoms with E-state index in [-0.39, 0.29) is 12.4 Å². The zero-order valence-electron chi connectivity index (χ0n) is 10.1. The highest BCUT2D eigenvalue weighted by atomic mass is 31.0. The van der Waals surface area contributed by atoms with E-state index in [0.717, 1.165) is 19.3 Å². The van der Waals surface area contributed by atoms with Gasteiger partial charge in [-0.05, 0) is 19.3 Å². The molecule has 0 aromatic carbocycles. The Morgan fingerprint density at radius 3 is 2.78 bits per heavy atom. The van der Waals surface area contributed by atoms with Crippen molar-refractivity contribution in [1.29, 1.82) is 0 Å². The Morgan fingerprint density at radius 2 is 2.06 bits per heavy atom. The first-order valence-corrected chi connectivity index (χ1v) is 6.84. The van der Waals surface area contributed by atoms with Crippen molar-refractivity contribution < 1.29 is 28.6 Å². The minimum absolute atomic E-state index is 0.244. The number of hydrogen-bond donors (Lipinski definition) is 1. The molecule has 3 saturated heterocycles. The number of hydrogen-bond acceptors (Lipinski definition) is 6. The Labute approximate surface area is 108 Å². The predicted molar refractivity (Wildman–Crippen MR) is 63.7 cm³/mol. The van der Waals surface area contributed by atoms with Crippen LogP contribution < -0.4 is 0 Å². The van der Waals surface area contributed by atoms with Crippen molar-refractivity contribution in [2.75, 3.05) is 13.2 Å². The van der Waals surface area contributed by atoms with Crippen molar-refractivity contribution in [3.63, 3.8) is 0 Å². The van der Waals surface area contributed by atoms with Gasteiger partial charge in [-0.25, -0.2) is 0 Å². The molecule has 6 nitrogen and oxygen atoms in total. The van der Waals surface area contributed by atoms with E-state index >= 15 is 0 Å². The van der Waals surface area contributed by atoms with Crippen molar-refractivity contribution in [2.45, 2.75) is 56.3 Å². The SMILES string of the molecule is O[C@H]1C(OP)[C@@H]2OCC(O2)[C@H]1OC1CCCCO1. The van der Waals surface area contributed by atoms with E-state index in [1.807, 2.05) is 0 Å². The summed E-state index contributed by atoms with van der Waals surface area (Å²) >= 11 is 0. The fourth-order valence-electron chi connectivity index (χ4n) is 2.66. The lowest BCUT2D eigenvalue weighted by molar-refractivity contribution is -0.274. The molecular formula is C11H19O6P. The second kappa shape index (κ2) is 5.67. The zero-order chi connectivity index (χ0) is 12.5. The maximum Gasteiger partial charge on any atom is 0.187 e. The molecule has 0 aromatic rings. The van der Waals surface area contributed by atoms with Gasteiger partial charge in [0.05, 0.1) is 6.61 Å². The fraction of sp³-hybridized carbons (Fsp3) is 1.00. The maximum atomic E-state index is 10.3. The summed E-state index contributed by atoms with van der Waals surface area (Å²) in [6, 6.07) is 0. The largest absolute Gasteiger partial charge is 0.387 e. The predicted octanol–water partition coefficient (Wildman–Crippen LogP) is 0.189. The third-order valence-corrected chi connectivity index (χ3v) is 3.96. The molecule has 18 heavy (non-hydrogen) atoms. The van der Waals surface area contributed by atoms with E-state index < -0.39 is 24.6 Å². The molecule has 0 spiro atoms. The zero-order valence-corrected chi connectivity index (χ0v) is 11.2. The summed E-state index contributed by atoms with van der Waals surface area (Å²) in [7, 11) is 2.14. The third-order valence-electron chi connectivity index (χ3n) is 3.65. The molecule has 0 aliphatic carbocycles. The van der Waals surface area contributed by atoms with Gasteiger partial charge < -0.3 is 28.6 Å². The minimum atomic E-state index is -0.765. The average molecular weight is 278 g/mol. The molecule has 3 aliphatic heterocycles. The maximum absolute atomic E-state index is 10.3. The van der Waals surface area contributed by atoms with Crippen LogP contribution in [-0.2, 0) is 23.5 Å². The standard InChI is InChI=1S/C11H19O6P/c12-8-9(16-7-3-1-2-4-13-7)6-5-14-11(15-6)10(8)17-18/h6-12H,1-5,18H2/t6?,7?,8-,9-,10?,11-/m1/s1. The van der Waals surface area contributed by atoms with Crippen molar-refractivity contribution in [2.24, 2.45) is 0 Å². The van der Waals surface area contributed by atoms with Gasteiger partial charge in [-0.1, -0.05) is 0 Å². The Kier molecular flexibility index (Phi) is 4.15. The smallest absolute Gasteiger partial charge is 0.187 e. The minimum Gasteiger partial charge on any atom is -0.387 e. The second-order valence-electron chi connectivity index (χ2n) is 4.86.